The van der Waals surface area contributed by atoms with E-state index in [1.54, 1.807) is 0 Å². The number of hydrogen-bond acceptors (Lipinski definition) is 2. The smallest absolute Gasteiger partial charge is 0.127 e. The second-order valence-electron chi connectivity index (χ2n) is 5.13. The van der Waals surface area contributed by atoms with Crippen molar-refractivity contribution in [1.82, 2.24) is 5.32 Å². The highest BCUT2D eigenvalue weighted by molar-refractivity contribution is 9.10. The first-order valence-electron chi connectivity index (χ1n) is 6.90. The predicted octanol–water partition coefficient (Wildman–Crippen LogP) is 3.53. The summed E-state index contributed by atoms with van der Waals surface area (Å²) in [6, 6.07) is 5.57. The van der Waals surface area contributed by atoms with Crippen LogP contribution in [0.15, 0.2) is 22.7 Å². The highest BCUT2D eigenvalue weighted by Crippen LogP contribution is 2.27. The lowest BCUT2D eigenvalue weighted by Crippen LogP contribution is -2.41. The molecule has 1 aromatic carbocycles. The zero-order valence-electron chi connectivity index (χ0n) is 11.5. The summed E-state index contributed by atoms with van der Waals surface area (Å²) in [5.41, 5.74) is 0.772. The SMILES string of the molecule is CCNC(Cc1ccc(Br)cc1F)C1CCOC1C. The summed E-state index contributed by atoms with van der Waals surface area (Å²) in [4.78, 5) is 0. The fourth-order valence-electron chi connectivity index (χ4n) is 2.84. The van der Waals surface area contributed by atoms with Crippen LogP contribution in [0, 0.1) is 11.7 Å². The van der Waals surface area contributed by atoms with Crippen molar-refractivity contribution in [2.45, 2.75) is 38.8 Å². The Morgan fingerprint density at radius 1 is 1.53 bits per heavy atom. The molecule has 1 fully saturated rings. The van der Waals surface area contributed by atoms with Gasteiger partial charge in [0.15, 0.2) is 0 Å². The molecule has 0 saturated carbocycles. The maximum atomic E-state index is 13.9. The monoisotopic (exact) mass is 329 g/mol. The van der Waals surface area contributed by atoms with Gasteiger partial charge in [0.05, 0.1) is 6.10 Å². The highest BCUT2D eigenvalue weighted by atomic mass is 79.9. The molecular formula is C15H21BrFNO. The topological polar surface area (TPSA) is 21.3 Å². The van der Waals surface area contributed by atoms with E-state index < -0.39 is 0 Å². The second-order valence-corrected chi connectivity index (χ2v) is 6.05. The minimum atomic E-state index is -0.135. The Morgan fingerprint density at radius 3 is 2.89 bits per heavy atom. The third-order valence-electron chi connectivity index (χ3n) is 3.87. The molecule has 1 saturated heterocycles. The number of hydrogen-bond donors (Lipinski definition) is 1. The quantitative estimate of drug-likeness (QED) is 0.892. The van der Waals surface area contributed by atoms with Gasteiger partial charge < -0.3 is 10.1 Å². The van der Waals surface area contributed by atoms with Gasteiger partial charge in [-0.1, -0.05) is 28.9 Å². The number of benzene rings is 1. The number of nitrogens with one attached hydrogen (secondary N) is 1. The minimum Gasteiger partial charge on any atom is -0.378 e. The number of rotatable bonds is 5. The van der Waals surface area contributed by atoms with Crippen LogP contribution in [-0.4, -0.2) is 25.3 Å². The van der Waals surface area contributed by atoms with Gasteiger partial charge in [0.1, 0.15) is 5.82 Å². The van der Waals surface area contributed by atoms with Crippen LogP contribution in [0.4, 0.5) is 4.39 Å². The van der Waals surface area contributed by atoms with Crippen LogP contribution >= 0.6 is 15.9 Å². The van der Waals surface area contributed by atoms with Gasteiger partial charge in [0.2, 0.25) is 0 Å². The molecule has 106 valence electrons. The minimum absolute atomic E-state index is 0.135. The van der Waals surface area contributed by atoms with Crippen molar-refractivity contribution in [3.8, 4) is 0 Å². The van der Waals surface area contributed by atoms with Crippen molar-refractivity contribution in [2.24, 2.45) is 5.92 Å². The van der Waals surface area contributed by atoms with E-state index in [1.807, 2.05) is 12.1 Å². The zero-order valence-corrected chi connectivity index (χ0v) is 13.0. The maximum Gasteiger partial charge on any atom is 0.127 e. The Kier molecular flexibility index (Phi) is 5.37. The van der Waals surface area contributed by atoms with Crippen LogP contribution in [0.5, 0.6) is 0 Å². The molecule has 0 aliphatic carbocycles. The third kappa shape index (κ3) is 3.77. The van der Waals surface area contributed by atoms with E-state index in [0.29, 0.717) is 12.3 Å². The second kappa shape index (κ2) is 6.82. The van der Waals surface area contributed by atoms with Gasteiger partial charge in [0, 0.05) is 23.0 Å². The Morgan fingerprint density at radius 2 is 2.32 bits per heavy atom. The summed E-state index contributed by atoms with van der Waals surface area (Å²) in [7, 11) is 0. The average Bonchev–Trinajstić information content (AvgIpc) is 2.78. The third-order valence-corrected chi connectivity index (χ3v) is 4.37. The highest BCUT2D eigenvalue weighted by Gasteiger charge is 2.31. The number of ether oxygens (including phenoxy) is 1. The molecule has 1 aliphatic heterocycles. The Hall–Kier alpha value is -0.450. The molecule has 19 heavy (non-hydrogen) atoms. The lowest BCUT2D eigenvalue weighted by atomic mass is 9.88. The molecule has 2 rings (SSSR count). The van der Waals surface area contributed by atoms with Gasteiger partial charge in [-0.05, 0) is 44.0 Å². The Bertz CT molecular complexity index is 427. The molecule has 0 radical (unpaired) electrons. The van der Waals surface area contributed by atoms with Crippen molar-refractivity contribution < 1.29 is 9.13 Å². The van der Waals surface area contributed by atoms with Crippen LogP contribution < -0.4 is 5.32 Å². The van der Waals surface area contributed by atoms with E-state index in [9.17, 15) is 4.39 Å². The van der Waals surface area contributed by atoms with E-state index >= 15 is 0 Å². The Labute approximate surface area is 122 Å². The molecule has 0 bridgehead atoms. The van der Waals surface area contributed by atoms with Crippen molar-refractivity contribution in [2.75, 3.05) is 13.2 Å². The molecule has 2 nitrogen and oxygen atoms in total. The van der Waals surface area contributed by atoms with Crippen molar-refractivity contribution in [3.63, 3.8) is 0 Å². The number of likely N-dealkylation sites (N-methyl/N-ethyl adjacent to an activating group) is 1. The lowest BCUT2D eigenvalue weighted by molar-refractivity contribution is 0.0955. The van der Waals surface area contributed by atoms with Crippen LogP contribution in [0.25, 0.3) is 0 Å². The summed E-state index contributed by atoms with van der Waals surface area (Å²) < 4.78 is 20.4. The molecule has 4 heteroatoms. The summed E-state index contributed by atoms with van der Waals surface area (Å²) in [5.74, 6) is 0.326. The van der Waals surface area contributed by atoms with E-state index in [4.69, 9.17) is 4.74 Å². The molecule has 1 aliphatic rings. The lowest BCUT2D eigenvalue weighted by Gasteiger charge is -2.27. The summed E-state index contributed by atoms with van der Waals surface area (Å²) in [5, 5.41) is 3.49. The summed E-state index contributed by atoms with van der Waals surface area (Å²) in [6.07, 6.45) is 2.02. The van der Waals surface area contributed by atoms with E-state index in [0.717, 1.165) is 29.6 Å². The van der Waals surface area contributed by atoms with Crippen molar-refractivity contribution >= 4 is 15.9 Å². The molecule has 0 amide bonds. The standard InChI is InChI=1S/C15H21BrFNO/c1-3-18-15(13-6-7-19-10(13)2)8-11-4-5-12(16)9-14(11)17/h4-5,9-10,13,15,18H,3,6-8H2,1-2H3. The molecule has 0 spiro atoms. The van der Waals surface area contributed by atoms with Gasteiger partial charge in [-0.15, -0.1) is 0 Å². The van der Waals surface area contributed by atoms with E-state index in [2.05, 4.69) is 35.1 Å². The van der Waals surface area contributed by atoms with Gasteiger partial charge in [-0.25, -0.2) is 4.39 Å². The van der Waals surface area contributed by atoms with Gasteiger partial charge in [0.25, 0.3) is 0 Å². The molecule has 0 aromatic heterocycles. The zero-order chi connectivity index (χ0) is 13.8. The number of halogens is 2. The van der Waals surface area contributed by atoms with Gasteiger partial charge in [-0.2, -0.15) is 0 Å². The van der Waals surface area contributed by atoms with Crippen molar-refractivity contribution in [3.05, 3.63) is 34.1 Å². The summed E-state index contributed by atoms with van der Waals surface area (Å²) in [6.45, 7) is 5.91. The fraction of sp³-hybridized carbons (Fsp3) is 0.600. The summed E-state index contributed by atoms with van der Waals surface area (Å²) >= 11 is 3.29. The van der Waals surface area contributed by atoms with Crippen LogP contribution in [0.3, 0.4) is 0 Å². The van der Waals surface area contributed by atoms with E-state index in [1.165, 1.54) is 6.07 Å². The molecular weight excluding hydrogens is 309 g/mol. The predicted molar refractivity (Wildman–Crippen MR) is 78.8 cm³/mol. The van der Waals surface area contributed by atoms with Crippen LogP contribution in [0.2, 0.25) is 0 Å². The molecule has 3 atom stereocenters. The Balaban J connectivity index is 2.11. The molecule has 1 aromatic rings. The first-order valence-corrected chi connectivity index (χ1v) is 7.70. The van der Waals surface area contributed by atoms with Gasteiger partial charge in [-0.3, -0.25) is 0 Å². The maximum absolute atomic E-state index is 13.9. The van der Waals surface area contributed by atoms with Crippen molar-refractivity contribution in [1.29, 1.82) is 0 Å². The first kappa shape index (κ1) is 14.9. The first-order chi connectivity index (χ1) is 9.11. The average molecular weight is 330 g/mol. The molecule has 1 heterocycles. The van der Waals surface area contributed by atoms with E-state index in [-0.39, 0.29) is 18.0 Å². The molecule has 1 N–H and O–H groups in total. The largest absolute Gasteiger partial charge is 0.378 e. The normalized spacial score (nSPS) is 24.6. The van der Waals surface area contributed by atoms with Crippen LogP contribution in [-0.2, 0) is 11.2 Å². The van der Waals surface area contributed by atoms with Crippen LogP contribution in [0.1, 0.15) is 25.8 Å². The van der Waals surface area contributed by atoms with Gasteiger partial charge >= 0.3 is 0 Å². The molecule has 3 unspecified atom stereocenters. The fourth-order valence-corrected chi connectivity index (χ4v) is 3.17.